The van der Waals surface area contributed by atoms with Gasteiger partial charge in [0.15, 0.2) is 0 Å². The molecule has 120 valence electrons. The number of hydrogen-bond acceptors (Lipinski definition) is 2. The minimum absolute atomic E-state index is 0.221. The molecule has 0 spiro atoms. The Balaban J connectivity index is 2.14. The Morgan fingerprint density at radius 3 is 2.39 bits per heavy atom. The lowest BCUT2D eigenvalue weighted by atomic mass is 10.1. The molecule has 0 saturated heterocycles. The Labute approximate surface area is 131 Å². The fraction of sp³-hybridized carbons (Fsp3) is 0.235. The van der Waals surface area contributed by atoms with Crippen molar-refractivity contribution in [2.45, 2.75) is 12.6 Å². The van der Waals surface area contributed by atoms with Crippen LogP contribution in [0.15, 0.2) is 48.5 Å². The summed E-state index contributed by atoms with van der Waals surface area (Å²) in [6, 6.07) is 12.1. The van der Waals surface area contributed by atoms with Crippen LogP contribution in [0, 0.1) is 0 Å². The summed E-state index contributed by atoms with van der Waals surface area (Å²) in [5, 5.41) is 0. The van der Waals surface area contributed by atoms with Crippen LogP contribution in [-0.4, -0.2) is 19.5 Å². The number of anilines is 3. The molecule has 0 saturated carbocycles. The number of carbonyl (C=O) groups is 1. The SMILES string of the molecule is CN1CCC(=O)N(c2cccc(C(F)(F)F)c2)c2ccccc21. The molecule has 0 aliphatic carbocycles. The van der Waals surface area contributed by atoms with E-state index in [-0.39, 0.29) is 18.0 Å². The Bertz CT molecular complexity index is 743. The van der Waals surface area contributed by atoms with Crippen molar-refractivity contribution in [3.63, 3.8) is 0 Å². The number of halogens is 3. The average molecular weight is 320 g/mol. The summed E-state index contributed by atoms with van der Waals surface area (Å²) < 4.78 is 38.9. The van der Waals surface area contributed by atoms with E-state index < -0.39 is 11.7 Å². The van der Waals surface area contributed by atoms with Crippen molar-refractivity contribution < 1.29 is 18.0 Å². The molecule has 23 heavy (non-hydrogen) atoms. The highest BCUT2D eigenvalue weighted by Gasteiger charge is 2.32. The van der Waals surface area contributed by atoms with Gasteiger partial charge in [0, 0.05) is 25.7 Å². The van der Waals surface area contributed by atoms with E-state index in [9.17, 15) is 18.0 Å². The van der Waals surface area contributed by atoms with Crippen molar-refractivity contribution >= 4 is 23.0 Å². The molecule has 0 radical (unpaired) electrons. The first-order valence-electron chi connectivity index (χ1n) is 7.18. The van der Waals surface area contributed by atoms with Crippen LogP contribution in [0.5, 0.6) is 0 Å². The van der Waals surface area contributed by atoms with Gasteiger partial charge in [-0.25, -0.2) is 0 Å². The standard InChI is InChI=1S/C17H15F3N2O/c1-21-10-9-16(23)22(15-8-3-2-7-14(15)21)13-6-4-5-12(11-13)17(18,19)20/h2-8,11H,9-10H2,1H3. The second-order valence-corrected chi connectivity index (χ2v) is 5.44. The Morgan fingerprint density at radius 2 is 1.70 bits per heavy atom. The fourth-order valence-electron chi connectivity index (χ4n) is 2.71. The van der Waals surface area contributed by atoms with Gasteiger partial charge in [0.05, 0.1) is 16.9 Å². The average Bonchev–Trinajstić information content (AvgIpc) is 2.64. The highest BCUT2D eigenvalue weighted by Crippen LogP contribution is 2.39. The van der Waals surface area contributed by atoms with Crippen LogP contribution >= 0.6 is 0 Å². The normalized spacial score (nSPS) is 15.4. The summed E-state index contributed by atoms with van der Waals surface area (Å²) in [5.41, 5.74) is 0.873. The van der Waals surface area contributed by atoms with Gasteiger partial charge in [-0.05, 0) is 30.3 Å². The van der Waals surface area contributed by atoms with Crippen LogP contribution in [0.25, 0.3) is 0 Å². The number of fused-ring (bicyclic) bond motifs is 1. The number of rotatable bonds is 1. The Morgan fingerprint density at radius 1 is 1.00 bits per heavy atom. The molecule has 1 aliphatic rings. The van der Waals surface area contributed by atoms with E-state index in [2.05, 4.69) is 0 Å². The van der Waals surface area contributed by atoms with Gasteiger partial charge in [-0.2, -0.15) is 13.2 Å². The molecule has 0 unspecified atom stereocenters. The van der Waals surface area contributed by atoms with Crippen LogP contribution in [-0.2, 0) is 11.0 Å². The van der Waals surface area contributed by atoms with Crippen molar-refractivity contribution in [2.75, 3.05) is 23.4 Å². The van der Waals surface area contributed by atoms with E-state index in [1.807, 2.05) is 24.1 Å². The predicted molar refractivity (Wildman–Crippen MR) is 82.9 cm³/mol. The topological polar surface area (TPSA) is 23.6 Å². The van der Waals surface area contributed by atoms with E-state index >= 15 is 0 Å². The predicted octanol–water partition coefficient (Wildman–Crippen LogP) is 4.21. The largest absolute Gasteiger partial charge is 0.416 e. The van der Waals surface area contributed by atoms with Crippen LogP contribution in [0.2, 0.25) is 0 Å². The molecule has 3 nitrogen and oxygen atoms in total. The number of nitrogens with zero attached hydrogens (tertiary/aromatic N) is 2. The maximum atomic E-state index is 13.0. The molecule has 0 atom stereocenters. The maximum Gasteiger partial charge on any atom is 0.416 e. The van der Waals surface area contributed by atoms with Crippen molar-refractivity contribution in [3.05, 3.63) is 54.1 Å². The summed E-state index contributed by atoms with van der Waals surface area (Å²) in [5.74, 6) is -0.221. The third-order valence-corrected chi connectivity index (χ3v) is 3.88. The quantitative estimate of drug-likeness (QED) is 0.786. The van der Waals surface area contributed by atoms with Crippen molar-refractivity contribution in [1.29, 1.82) is 0 Å². The smallest absolute Gasteiger partial charge is 0.372 e. The molecule has 2 aromatic rings. The van der Waals surface area contributed by atoms with E-state index in [0.29, 0.717) is 12.2 Å². The summed E-state index contributed by atoms with van der Waals surface area (Å²) in [7, 11) is 1.86. The highest BCUT2D eigenvalue weighted by molar-refractivity contribution is 6.04. The lowest BCUT2D eigenvalue weighted by molar-refractivity contribution is -0.137. The van der Waals surface area contributed by atoms with E-state index in [0.717, 1.165) is 17.8 Å². The lowest BCUT2D eigenvalue weighted by Gasteiger charge is -2.25. The van der Waals surface area contributed by atoms with E-state index in [4.69, 9.17) is 0 Å². The number of carbonyl (C=O) groups excluding carboxylic acids is 1. The van der Waals surface area contributed by atoms with E-state index in [1.165, 1.54) is 17.0 Å². The zero-order valence-corrected chi connectivity index (χ0v) is 12.5. The van der Waals surface area contributed by atoms with Gasteiger partial charge in [-0.15, -0.1) is 0 Å². The van der Waals surface area contributed by atoms with Gasteiger partial charge in [0.1, 0.15) is 0 Å². The fourth-order valence-corrected chi connectivity index (χ4v) is 2.71. The first-order valence-corrected chi connectivity index (χ1v) is 7.18. The minimum atomic E-state index is -4.44. The molecular weight excluding hydrogens is 305 g/mol. The van der Waals surface area contributed by atoms with Crippen LogP contribution in [0.1, 0.15) is 12.0 Å². The van der Waals surface area contributed by atoms with E-state index in [1.54, 1.807) is 12.1 Å². The third-order valence-electron chi connectivity index (χ3n) is 3.88. The van der Waals surface area contributed by atoms with Gasteiger partial charge in [0.2, 0.25) is 5.91 Å². The van der Waals surface area contributed by atoms with Crippen LogP contribution in [0.4, 0.5) is 30.2 Å². The second kappa shape index (κ2) is 5.61. The number of hydrogen-bond donors (Lipinski definition) is 0. The number of para-hydroxylation sites is 2. The first kappa shape index (κ1) is 15.4. The minimum Gasteiger partial charge on any atom is -0.372 e. The van der Waals surface area contributed by atoms with Crippen molar-refractivity contribution in [2.24, 2.45) is 0 Å². The van der Waals surface area contributed by atoms with Crippen molar-refractivity contribution in [1.82, 2.24) is 0 Å². The molecule has 6 heteroatoms. The third kappa shape index (κ3) is 2.88. The Kier molecular flexibility index (Phi) is 3.75. The summed E-state index contributed by atoms with van der Waals surface area (Å²) in [6.45, 7) is 0.519. The van der Waals surface area contributed by atoms with Gasteiger partial charge >= 0.3 is 6.18 Å². The molecule has 1 heterocycles. The molecule has 0 N–H and O–H groups in total. The highest BCUT2D eigenvalue weighted by atomic mass is 19.4. The molecule has 0 aromatic heterocycles. The van der Waals surface area contributed by atoms with Gasteiger partial charge in [-0.3, -0.25) is 9.69 Å². The van der Waals surface area contributed by atoms with Crippen LogP contribution in [0.3, 0.4) is 0 Å². The Hall–Kier alpha value is -2.50. The zero-order valence-electron chi connectivity index (χ0n) is 12.5. The molecule has 3 rings (SSSR count). The van der Waals surface area contributed by atoms with Crippen LogP contribution < -0.4 is 9.80 Å². The number of benzene rings is 2. The lowest BCUT2D eigenvalue weighted by Crippen LogP contribution is -2.25. The van der Waals surface area contributed by atoms with Gasteiger partial charge in [-0.1, -0.05) is 18.2 Å². The molecule has 0 bridgehead atoms. The maximum absolute atomic E-state index is 13.0. The van der Waals surface area contributed by atoms with Gasteiger partial charge < -0.3 is 4.90 Å². The summed E-state index contributed by atoms with van der Waals surface area (Å²) in [6.07, 6.45) is -4.21. The number of amides is 1. The molecular formula is C17H15F3N2O. The molecule has 2 aromatic carbocycles. The summed E-state index contributed by atoms with van der Waals surface area (Å²) >= 11 is 0. The molecule has 1 aliphatic heterocycles. The summed E-state index contributed by atoms with van der Waals surface area (Å²) in [4.78, 5) is 15.8. The first-order chi connectivity index (χ1) is 10.9. The van der Waals surface area contributed by atoms with Crippen molar-refractivity contribution in [3.8, 4) is 0 Å². The van der Waals surface area contributed by atoms with Gasteiger partial charge in [0.25, 0.3) is 0 Å². The number of alkyl halides is 3. The zero-order chi connectivity index (χ0) is 16.6. The second-order valence-electron chi connectivity index (χ2n) is 5.44. The molecule has 1 amide bonds. The molecule has 0 fully saturated rings. The monoisotopic (exact) mass is 320 g/mol.